The zero-order valence-corrected chi connectivity index (χ0v) is 14.9. The lowest BCUT2D eigenvalue weighted by Gasteiger charge is -2.12. The highest BCUT2D eigenvalue weighted by Crippen LogP contribution is 2.13. The number of halogens is 1. The van der Waals surface area contributed by atoms with E-state index < -0.39 is 9.84 Å². The van der Waals surface area contributed by atoms with Crippen LogP contribution in [0.25, 0.3) is 0 Å². The van der Waals surface area contributed by atoms with Crippen LogP contribution in [0.15, 0.2) is 42.6 Å². The van der Waals surface area contributed by atoms with Crippen LogP contribution in [0.1, 0.15) is 22.3 Å². The summed E-state index contributed by atoms with van der Waals surface area (Å²) in [7, 11) is -3.04. The molecule has 1 aliphatic rings. The van der Waals surface area contributed by atoms with Crippen LogP contribution in [-0.2, 0) is 16.3 Å². The summed E-state index contributed by atoms with van der Waals surface area (Å²) in [5, 5.41) is 5.89. The van der Waals surface area contributed by atoms with Crippen LogP contribution in [0.2, 0.25) is 0 Å². The second-order valence-electron chi connectivity index (χ2n) is 6.31. The predicted molar refractivity (Wildman–Crippen MR) is 97.4 cm³/mol. The minimum atomic E-state index is -3.04. The third-order valence-corrected chi connectivity index (χ3v) is 5.99. The summed E-state index contributed by atoms with van der Waals surface area (Å²) >= 11 is 0. The van der Waals surface area contributed by atoms with Gasteiger partial charge in [-0.05, 0) is 42.7 Å². The number of anilines is 1. The van der Waals surface area contributed by atoms with Crippen molar-refractivity contribution in [2.24, 2.45) is 0 Å². The van der Waals surface area contributed by atoms with Gasteiger partial charge in [0.25, 0.3) is 5.91 Å². The van der Waals surface area contributed by atoms with E-state index in [4.69, 9.17) is 0 Å². The molecule has 2 N–H and O–H groups in total. The zero-order chi connectivity index (χ0) is 18.6. The molecule has 2 heterocycles. The highest BCUT2D eigenvalue weighted by molar-refractivity contribution is 7.91. The summed E-state index contributed by atoms with van der Waals surface area (Å²) in [6.45, 7) is 0.588. The Hall–Kier alpha value is -2.48. The first kappa shape index (κ1) is 18.3. The number of benzene rings is 1. The van der Waals surface area contributed by atoms with E-state index in [0.717, 1.165) is 5.56 Å². The second kappa shape index (κ2) is 7.82. The number of carbonyl (C=O) groups is 1. The van der Waals surface area contributed by atoms with E-state index in [9.17, 15) is 17.6 Å². The van der Waals surface area contributed by atoms with Gasteiger partial charge in [0.15, 0.2) is 9.84 Å². The minimum Gasteiger partial charge on any atom is -0.370 e. The maximum absolute atomic E-state index is 12.9. The Balaban J connectivity index is 1.54. The van der Waals surface area contributed by atoms with Crippen LogP contribution in [-0.4, -0.2) is 43.4 Å². The highest BCUT2D eigenvalue weighted by Gasteiger charge is 2.29. The van der Waals surface area contributed by atoms with Crippen LogP contribution in [0, 0.1) is 5.82 Å². The van der Waals surface area contributed by atoms with Gasteiger partial charge in [-0.15, -0.1) is 0 Å². The summed E-state index contributed by atoms with van der Waals surface area (Å²) in [6.07, 6.45) is 2.67. The number of pyridine rings is 1. The normalized spacial score (nSPS) is 18.4. The number of nitrogens with zero attached hydrogens (tertiary/aromatic N) is 1. The first-order valence-electron chi connectivity index (χ1n) is 8.37. The van der Waals surface area contributed by atoms with E-state index in [-0.39, 0.29) is 29.3 Å². The largest absolute Gasteiger partial charge is 0.370 e. The highest BCUT2D eigenvalue weighted by atomic mass is 32.2. The standard InChI is InChI=1S/C18H20FN3O3S/c19-15-3-1-13(2-4-15)5-8-20-17-11-14(6-9-21-17)18(23)22-16-7-10-26(24,25)12-16/h1-4,6,9,11,16H,5,7-8,10,12H2,(H,20,21)(H,22,23). The molecule has 6 nitrogen and oxygen atoms in total. The average Bonchev–Trinajstić information content (AvgIpc) is 2.95. The van der Waals surface area contributed by atoms with Crippen molar-refractivity contribution in [3.05, 3.63) is 59.5 Å². The molecule has 1 amide bonds. The summed E-state index contributed by atoms with van der Waals surface area (Å²) < 4.78 is 35.8. The summed E-state index contributed by atoms with van der Waals surface area (Å²) in [4.78, 5) is 16.5. The van der Waals surface area contributed by atoms with Gasteiger partial charge in [0.1, 0.15) is 11.6 Å². The van der Waals surface area contributed by atoms with Crippen molar-refractivity contribution in [3.63, 3.8) is 0 Å². The lowest BCUT2D eigenvalue weighted by molar-refractivity contribution is 0.0941. The van der Waals surface area contributed by atoms with Gasteiger partial charge in [-0.2, -0.15) is 0 Å². The van der Waals surface area contributed by atoms with E-state index >= 15 is 0 Å². The number of carbonyl (C=O) groups excluding carboxylic acids is 1. The first-order valence-corrected chi connectivity index (χ1v) is 10.2. The van der Waals surface area contributed by atoms with Gasteiger partial charge in [-0.1, -0.05) is 12.1 Å². The Kier molecular flexibility index (Phi) is 5.51. The Bertz CT molecular complexity index is 885. The molecule has 1 unspecified atom stereocenters. The minimum absolute atomic E-state index is 0.00734. The Labute approximate surface area is 151 Å². The summed E-state index contributed by atoms with van der Waals surface area (Å²) in [5.41, 5.74) is 1.42. The van der Waals surface area contributed by atoms with Crippen molar-refractivity contribution >= 4 is 21.6 Å². The SMILES string of the molecule is O=C(NC1CCS(=O)(=O)C1)c1ccnc(NCCc2ccc(F)cc2)c1. The van der Waals surface area contributed by atoms with Gasteiger partial charge in [0.05, 0.1) is 11.5 Å². The molecule has 1 aromatic heterocycles. The van der Waals surface area contributed by atoms with Crippen molar-refractivity contribution < 1.29 is 17.6 Å². The molecule has 1 aromatic carbocycles. The van der Waals surface area contributed by atoms with E-state index in [1.807, 2.05) is 0 Å². The lowest BCUT2D eigenvalue weighted by atomic mass is 10.1. The van der Waals surface area contributed by atoms with Gasteiger partial charge in [-0.25, -0.2) is 17.8 Å². The van der Waals surface area contributed by atoms with Crippen molar-refractivity contribution in [2.75, 3.05) is 23.4 Å². The van der Waals surface area contributed by atoms with Gasteiger partial charge >= 0.3 is 0 Å². The predicted octanol–water partition coefficient (Wildman–Crippen LogP) is 1.79. The van der Waals surface area contributed by atoms with Crippen LogP contribution >= 0.6 is 0 Å². The molecule has 1 fully saturated rings. The molecule has 1 atom stereocenters. The van der Waals surface area contributed by atoms with Crippen LogP contribution < -0.4 is 10.6 Å². The fourth-order valence-electron chi connectivity index (χ4n) is 2.83. The molecule has 0 bridgehead atoms. The number of amides is 1. The number of hydrogen-bond acceptors (Lipinski definition) is 5. The van der Waals surface area contributed by atoms with Crippen molar-refractivity contribution in [3.8, 4) is 0 Å². The molecule has 1 aliphatic heterocycles. The van der Waals surface area contributed by atoms with E-state index in [1.165, 1.54) is 18.3 Å². The Morgan fingerprint density at radius 2 is 2.00 bits per heavy atom. The molecule has 8 heteroatoms. The van der Waals surface area contributed by atoms with Crippen molar-refractivity contribution in [1.29, 1.82) is 0 Å². The Morgan fingerprint density at radius 3 is 2.69 bits per heavy atom. The summed E-state index contributed by atoms with van der Waals surface area (Å²) in [6, 6.07) is 9.17. The number of aromatic nitrogens is 1. The molecular formula is C18H20FN3O3S. The molecule has 138 valence electrons. The number of hydrogen-bond donors (Lipinski definition) is 2. The molecule has 26 heavy (non-hydrogen) atoms. The molecule has 3 rings (SSSR count). The molecule has 2 aromatic rings. The topological polar surface area (TPSA) is 88.2 Å². The monoisotopic (exact) mass is 377 g/mol. The van der Waals surface area contributed by atoms with Crippen molar-refractivity contribution in [1.82, 2.24) is 10.3 Å². The Morgan fingerprint density at radius 1 is 1.23 bits per heavy atom. The van der Waals surface area contributed by atoms with Gasteiger partial charge < -0.3 is 10.6 Å². The molecular weight excluding hydrogens is 357 g/mol. The third kappa shape index (κ3) is 5.01. The van der Waals surface area contributed by atoms with E-state index in [2.05, 4.69) is 15.6 Å². The van der Waals surface area contributed by atoms with Gasteiger partial charge in [0, 0.05) is 24.3 Å². The maximum atomic E-state index is 12.9. The average molecular weight is 377 g/mol. The summed E-state index contributed by atoms with van der Waals surface area (Å²) in [5.74, 6) is 0.0870. The number of rotatable bonds is 6. The van der Waals surface area contributed by atoms with Crippen LogP contribution in [0.5, 0.6) is 0 Å². The molecule has 0 spiro atoms. The van der Waals surface area contributed by atoms with Gasteiger partial charge in [0.2, 0.25) is 0 Å². The first-order chi connectivity index (χ1) is 12.4. The zero-order valence-electron chi connectivity index (χ0n) is 14.1. The maximum Gasteiger partial charge on any atom is 0.251 e. The van der Waals surface area contributed by atoms with Crippen LogP contribution in [0.3, 0.4) is 0 Å². The smallest absolute Gasteiger partial charge is 0.251 e. The third-order valence-electron chi connectivity index (χ3n) is 4.22. The number of sulfone groups is 1. The molecule has 0 aliphatic carbocycles. The van der Waals surface area contributed by atoms with Crippen molar-refractivity contribution in [2.45, 2.75) is 18.9 Å². The van der Waals surface area contributed by atoms with E-state index in [1.54, 1.807) is 24.3 Å². The molecule has 0 radical (unpaired) electrons. The molecule has 1 saturated heterocycles. The quantitative estimate of drug-likeness (QED) is 0.801. The second-order valence-corrected chi connectivity index (χ2v) is 8.54. The van der Waals surface area contributed by atoms with E-state index in [0.29, 0.717) is 30.8 Å². The lowest BCUT2D eigenvalue weighted by Crippen LogP contribution is -2.35. The van der Waals surface area contributed by atoms with Crippen LogP contribution in [0.4, 0.5) is 10.2 Å². The van der Waals surface area contributed by atoms with Gasteiger partial charge in [-0.3, -0.25) is 4.79 Å². The molecule has 0 saturated carbocycles. The fourth-order valence-corrected chi connectivity index (χ4v) is 4.51. The fraction of sp³-hybridized carbons (Fsp3) is 0.333. The number of nitrogens with one attached hydrogen (secondary N) is 2.